The van der Waals surface area contributed by atoms with Gasteiger partial charge >= 0.3 is 0 Å². The molecule has 6 nitrogen and oxygen atoms in total. The predicted molar refractivity (Wildman–Crippen MR) is 94.5 cm³/mol. The van der Waals surface area contributed by atoms with Gasteiger partial charge in [-0.2, -0.15) is 15.3 Å². The second-order valence-corrected chi connectivity index (χ2v) is 6.21. The van der Waals surface area contributed by atoms with E-state index >= 15 is 0 Å². The standard InChI is InChI=1S/C19H21N5O/c1-3-4-12-19(22-23-19)13-10-17(25)20-18(15-8-6-5-7-9-15)16-11-14-24(2)21-16/h1,5-9,11,14,18H,4,10,12-13H2,2H3,(H,20,25). The summed E-state index contributed by atoms with van der Waals surface area (Å²) >= 11 is 0. The normalized spacial score (nSPS) is 15.4. The van der Waals surface area contributed by atoms with Crippen LogP contribution in [0, 0.1) is 12.3 Å². The van der Waals surface area contributed by atoms with Crippen LogP contribution in [-0.2, 0) is 11.8 Å². The second kappa shape index (κ2) is 7.31. The van der Waals surface area contributed by atoms with Gasteiger partial charge in [0.1, 0.15) is 0 Å². The smallest absolute Gasteiger partial charge is 0.220 e. The summed E-state index contributed by atoms with van der Waals surface area (Å²) < 4.78 is 1.73. The Morgan fingerprint density at radius 2 is 2.04 bits per heavy atom. The highest BCUT2D eigenvalue weighted by molar-refractivity contribution is 5.77. The number of aryl methyl sites for hydroxylation is 1. The average molecular weight is 335 g/mol. The van der Waals surface area contributed by atoms with Crippen LogP contribution in [0.25, 0.3) is 0 Å². The van der Waals surface area contributed by atoms with Gasteiger partial charge in [-0.1, -0.05) is 30.3 Å². The van der Waals surface area contributed by atoms with E-state index in [4.69, 9.17) is 6.42 Å². The van der Waals surface area contributed by atoms with E-state index in [0.717, 1.165) is 11.3 Å². The Morgan fingerprint density at radius 3 is 2.64 bits per heavy atom. The van der Waals surface area contributed by atoms with Crippen molar-refractivity contribution in [3.8, 4) is 12.3 Å². The molecule has 1 aromatic carbocycles. The average Bonchev–Trinajstić information content (AvgIpc) is 3.28. The monoisotopic (exact) mass is 335 g/mol. The molecule has 0 radical (unpaired) electrons. The molecule has 1 unspecified atom stereocenters. The molecule has 1 amide bonds. The van der Waals surface area contributed by atoms with Gasteiger partial charge < -0.3 is 5.32 Å². The Kier molecular flexibility index (Phi) is 4.94. The van der Waals surface area contributed by atoms with Gasteiger partial charge in [0.15, 0.2) is 5.66 Å². The van der Waals surface area contributed by atoms with E-state index < -0.39 is 5.66 Å². The number of hydrogen-bond acceptors (Lipinski definition) is 4. The van der Waals surface area contributed by atoms with Gasteiger partial charge in [-0.3, -0.25) is 9.48 Å². The Balaban J connectivity index is 1.64. The molecule has 2 heterocycles. The molecule has 0 spiro atoms. The molecule has 0 saturated heterocycles. The van der Waals surface area contributed by atoms with Crippen molar-refractivity contribution in [2.45, 2.75) is 37.4 Å². The van der Waals surface area contributed by atoms with Crippen molar-refractivity contribution in [3.63, 3.8) is 0 Å². The summed E-state index contributed by atoms with van der Waals surface area (Å²) in [5, 5.41) is 15.7. The largest absolute Gasteiger partial charge is 0.344 e. The molecular formula is C19H21N5O. The van der Waals surface area contributed by atoms with Crippen molar-refractivity contribution in [1.82, 2.24) is 15.1 Å². The number of nitrogens with one attached hydrogen (secondary N) is 1. The second-order valence-electron chi connectivity index (χ2n) is 6.21. The Morgan fingerprint density at radius 1 is 1.28 bits per heavy atom. The third-order valence-corrected chi connectivity index (χ3v) is 4.27. The van der Waals surface area contributed by atoms with Crippen LogP contribution < -0.4 is 5.32 Å². The maximum Gasteiger partial charge on any atom is 0.220 e. The first-order chi connectivity index (χ1) is 12.1. The molecule has 25 heavy (non-hydrogen) atoms. The first-order valence-electron chi connectivity index (χ1n) is 8.33. The highest BCUT2D eigenvalue weighted by Crippen LogP contribution is 2.37. The van der Waals surface area contributed by atoms with Crippen LogP contribution in [0.5, 0.6) is 0 Å². The van der Waals surface area contributed by atoms with Gasteiger partial charge in [0.05, 0.1) is 11.7 Å². The third-order valence-electron chi connectivity index (χ3n) is 4.27. The van der Waals surface area contributed by atoms with Crippen molar-refractivity contribution in [1.29, 1.82) is 0 Å². The quantitative estimate of drug-likeness (QED) is 0.753. The highest BCUT2D eigenvalue weighted by Gasteiger charge is 2.39. The number of nitrogens with zero attached hydrogens (tertiary/aromatic N) is 4. The van der Waals surface area contributed by atoms with Gasteiger partial charge in [0.25, 0.3) is 0 Å². The fraction of sp³-hybridized carbons (Fsp3) is 0.368. The number of carbonyl (C=O) groups excluding carboxylic acids is 1. The zero-order valence-electron chi connectivity index (χ0n) is 14.2. The first kappa shape index (κ1) is 16.9. The zero-order chi connectivity index (χ0) is 17.7. The number of aromatic nitrogens is 2. The summed E-state index contributed by atoms with van der Waals surface area (Å²) in [4.78, 5) is 12.5. The SMILES string of the molecule is C#CCCC1(CCC(=O)NC(c2ccccc2)c2ccn(C)n2)N=N1. The number of benzene rings is 1. The van der Waals surface area contributed by atoms with Crippen molar-refractivity contribution >= 4 is 5.91 Å². The summed E-state index contributed by atoms with van der Waals surface area (Å²) in [5.41, 5.74) is 1.37. The van der Waals surface area contributed by atoms with E-state index in [9.17, 15) is 4.79 Å². The molecule has 128 valence electrons. The lowest BCUT2D eigenvalue weighted by molar-refractivity contribution is -0.121. The fourth-order valence-electron chi connectivity index (χ4n) is 2.78. The zero-order valence-corrected chi connectivity index (χ0v) is 14.2. The Labute approximate surface area is 147 Å². The molecule has 2 aromatic rings. The van der Waals surface area contributed by atoms with Crippen LogP contribution in [0.3, 0.4) is 0 Å². The number of terminal acetylenes is 1. The minimum absolute atomic E-state index is 0.0445. The van der Waals surface area contributed by atoms with Crippen molar-refractivity contribution in [2.75, 3.05) is 0 Å². The Bertz CT molecular complexity index is 797. The van der Waals surface area contributed by atoms with E-state index in [1.54, 1.807) is 4.68 Å². The van der Waals surface area contributed by atoms with Gasteiger partial charge in [-0.05, 0) is 11.6 Å². The molecule has 3 rings (SSSR count). The van der Waals surface area contributed by atoms with Crippen LogP contribution >= 0.6 is 0 Å². The minimum Gasteiger partial charge on any atom is -0.344 e. The Hall–Kier alpha value is -2.94. The molecule has 1 atom stereocenters. The molecule has 1 aromatic heterocycles. The molecule has 1 aliphatic rings. The molecule has 0 bridgehead atoms. The van der Waals surface area contributed by atoms with Crippen molar-refractivity contribution < 1.29 is 4.79 Å². The summed E-state index contributed by atoms with van der Waals surface area (Å²) in [6, 6.07) is 11.5. The van der Waals surface area contributed by atoms with E-state index in [1.807, 2.05) is 49.6 Å². The van der Waals surface area contributed by atoms with Crippen LogP contribution in [0.2, 0.25) is 0 Å². The van der Waals surface area contributed by atoms with E-state index in [1.165, 1.54) is 0 Å². The molecule has 1 aliphatic heterocycles. The number of hydrogen-bond donors (Lipinski definition) is 1. The van der Waals surface area contributed by atoms with Crippen LogP contribution in [0.4, 0.5) is 0 Å². The summed E-state index contributed by atoms with van der Waals surface area (Å²) in [5.74, 6) is 2.55. The van der Waals surface area contributed by atoms with Crippen molar-refractivity contribution in [2.24, 2.45) is 17.3 Å². The highest BCUT2D eigenvalue weighted by atomic mass is 16.1. The minimum atomic E-state index is -0.434. The van der Waals surface area contributed by atoms with Gasteiger partial charge in [-0.15, -0.1) is 12.3 Å². The lowest BCUT2D eigenvalue weighted by Crippen LogP contribution is -2.30. The summed E-state index contributed by atoms with van der Waals surface area (Å²) in [7, 11) is 1.86. The molecular weight excluding hydrogens is 314 g/mol. The van der Waals surface area contributed by atoms with E-state index in [-0.39, 0.29) is 11.9 Å². The maximum absolute atomic E-state index is 12.5. The molecule has 0 saturated carbocycles. The lowest BCUT2D eigenvalue weighted by atomic mass is 10.0. The van der Waals surface area contributed by atoms with Crippen molar-refractivity contribution in [3.05, 3.63) is 53.9 Å². The van der Waals surface area contributed by atoms with E-state index in [2.05, 4.69) is 26.6 Å². The third kappa shape index (κ3) is 4.32. The number of amides is 1. The van der Waals surface area contributed by atoms with Crippen LogP contribution in [0.15, 0.2) is 52.8 Å². The lowest BCUT2D eigenvalue weighted by Gasteiger charge is -2.18. The van der Waals surface area contributed by atoms with Gasteiger partial charge in [-0.25, -0.2) is 0 Å². The number of rotatable bonds is 8. The van der Waals surface area contributed by atoms with Crippen LogP contribution in [0.1, 0.15) is 43.0 Å². The summed E-state index contributed by atoms with van der Waals surface area (Å²) in [6.07, 6.45) is 9.43. The predicted octanol–water partition coefficient (Wildman–Crippen LogP) is 2.98. The molecule has 0 aliphatic carbocycles. The topological polar surface area (TPSA) is 71.6 Å². The summed E-state index contributed by atoms with van der Waals surface area (Å²) in [6.45, 7) is 0. The van der Waals surface area contributed by atoms with Crippen LogP contribution in [-0.4, -0.2) is 21.4 Å². The molecule has 6 heteroatoms. The van der Waals surface area contributed by atoms with Gasteiger partial charge in [0, 0.05) is 38.9 Å². The molecule has 0 fully saturated rings. The molecule has 1 N–H and O–H groups in total. The van der Waals surface area contributed by atoms with E-state index in [0.29, 0.717) is 25.7 Å². The first-order valence-corrected chi connectivity index (χ1v) is 8.33. The van der Waals surface area contributed by atoms with Gasteiger partial charge in [0.2, 0.25) is 5.91 Å². The fourth-order valence-corrected chi connectivity index (χ4v) is 2.78. The number of carbonyl (C=O) groups is 1. The maximum atomic E-state index is 12.5.